The highest BCUT2D eigenvalue weighted by Gasteiger charge is 2.41. The Kier molecular flexibility index (Phi) is 7.50. The van der Waals surface area contributed by atoms with E-state index in [-0.39, 0.29) is 18.4 Å². The quantitative estimate of drug-likeness (QED) is 0.525. The molecule has 1 saturated heterocycles. The van der Waals surface area contributed by atoms with Gasteiger partial charge in [-0.05, 0) is 55.1 Å². The van der Waals surface area contributed by atoms with Crippen LogP contribution < -0.4 is 14.8 Å². The van der Waals surface area contributed by atoms with Gasteiger partial charge in [0.2, 0.25) is 5.91 Å². The molecular formula is C28H32N2O4. The summed E-state index contributed by atoms with van der Waals surface area (Å²) in [5.41, 5.74) is 1.33. The van der Waals surface area contributed by atoms with E-state index in [9.17, 15) is 9.90 Å². The summed E-state index contributed by atoms with van der Waals surface area (Å²) in [5.74, 6) is 1.18. The third kappa shape index (κ3) is 5.08. The minimum absolute atomic E-state index is 0.0510. The molecule has 178 valence electrons. The molecule has 3 aromatic carbocycles. The number of ether oxygens (including phenoxy) is 2. The molecule has 0 bridgehead atoms. The van der Waals surface area contributed by atoms with Gasteiger partial charge in [0.05, 0.1) is 26.5 Å². The Morgan fingerprint density at radius 3 is 2.06 bits per heavy atom. The van der Waals surface area contributed by atoms with Crippen LogP contribution in [0, 0.1) is 5.92 Å². The summed E-state index contributed by atoms with van der Waals surface area (Å²) >= 11 is 0. The normalized spacial score (nSPS) is 15.0. The molecule has 1 heterocycles. The number of amides is 1. The van der Waals surface area contributed by atoms with Gasteiger partial charge in [0.1, 0.15) is 17.1 Å². The topological polar surface area (TPSA) is 71.0 Å². The molecule has 0 saturated carbocycles. The number of benzene rings is 3. The van der Waals surface area contributed by atoms with Gasteiger partial charge in [0, 0.05) is 6.07 Å². The van der Waals surface area contributed by atoms with Crippen LogP contribution in [-0.2, 0) is 10.4 Å². The second kappa shape index (κ2) is 10.7. The van der Waals surface area contributed by atoms with Crippen LogP contribution in [0.15, 0.2) is 78.9 Å². The first-order valence-corrected chi connectivity index (χ1v) is 11.6. The van der Waals surface area contributed by atoms with E-state index >= 15 is 0 Å². The fraction of sp³-hybridized carbons (Fsp3) is 0.321. The van der Waals surface area contributed by atoms with Crippen LogP contribution in [0.1, 0.15) is 24.0 Å². The van der Waals surface area contributed by atoms with Crippen molar-refractivity contribution in [3.63, 3.8) is 0 Å². The Morgan fingerprint density at radius 1 is 0.941 bits per heavy atom. The summed E-state index contributed by atoms with van der Waals surface area (Å²) in [4.78, 5) is 14.9. The highest BCUT2D eigenvalue weighted by atomic mass is 16.5. The van der Waals surface area contributed by atoms with E-state index in [0.717, 1.165) is 37.1 Å². The van der Waals surface area contributed by atoms with Gasteiger partial charge >= 0.3 is 0 Å². The Balaban J connectivity index is 1.43. The van der Waals surface area contributed by atoms with E-state index in [0.29, 0.717) is 17.2 Å². The second-order valence-corrected chi connectivity index (χ2v) is 8.66. The fourth-order valence-electron chi connectivity index (χ4n) is 4.84. The summed E-state index contributed by atoms with van der Waals surface area (Å²) < 4.78 is 10.6. The van der Waals surface area contributed by atoms with Crippen LogP contribution >= 0.6 is 0 Å². The third-order valence-electron chi connectivity index (χ3n) is 6.65. The number of piperidine rings is 1. The number of hydrogen-bond acceptors (Lipinski definition) is 5. The molecule has 4 rings (SSSR count). The van der Waals surface area contributed by atoms with Crippen molar-refractivity contribution in [1.82, 2.24) is 4.90 Å². The number of carbonyl (C=O) groups is 1. The first-order chi connectivity index (χ1) is 16.5. The molecular weight excluding hydrogens is 428 g/mol. The van der Waals surface area contributed by atoms with Crippen LogP contribution in [0.3, 0.4) is 0 Å². The highest BCUT2D eigenvalue weighted by molar-refractivity contribution is 5.94. The van der Waals surface area contributed by atoms with Crippen molar-refractivity contribution in [2.75, 3.05) is 39.2 Å². The minimum Gasteiger partial charge on any atom is -0.497 e. The minimum atomic E-state index is -1.06. The van der Waals surface area contributed by atoms with Crippen molar-refractivity contribution in [2.45, 2.75) is 18.4 Å². The second-order valence-electron chi connectivity index (χ2n) is 8.66. The van der Waals surface area contributed by atoms with E-state index in [2.05, 4.69) is 10.2 Å². The molecule has 34 heavy (non-hydrogen) atoms. The number of methoxy groups -OCH3 is 2. The summed E-state index contributed by atoms with van der Waals surface area (Å²) in [7, 11) is 3.16. The Morgan fingerprint density at radius 2 is 1.53 bits per heavy atom. The van der Waals surface area contributed by atoms with Crippen LogP contribution in [0.25, 0.3) is 0 Å². The van der Waals surface area contributed by atoms with Gasteiger partial charge in [-0.3, -0.25) is 9.69 Å². The Labute approximate surface area is 201 Å². The van der Waals surface area contributed by atoms with Crippen molar-refractivity contribution >= 4 is 11.6 Å². The number of rotatable bonds is 8. The van der Waals surface area contributed by atoms with Gasteiger partial charge in [0.25, 0.3) is 0 Å². The molecule has 0 atom stereocenters. The molecule has 2 N–H and O–H groups in total. The van der Waals surface area contributed by atoms with E-state index in [1.165, 1.54) is 0 Å². The van der Waals surface area contributed by atoms with Crippen molar-refractivity contribution in [3.05, 3.63) is 90.0 Å². The number of aliphatic hydroxyl groups is 1. The van der Waals surface area contributed by atoms with E-state index in [1.807, 2.05) is 60.7 Å². The maximum Gasteiger partial charge on any atom is 0.238 e. The lowest BCUT2D eigenvalue weighted by atomic mass is 9.72. The summed E-state index contributed by atoms with van der Waals surface area (Å²) in [6, 6.07) is 25.1. The van der Waals surface area contributed by atoms with E-state index in [1.54, 1.807) is 32.4 Å². The lowest BCUT2D eigenvalue weighted by Crippen LogP contribution is -2.46. The molecule has 0 spiro atoms. The molecule has 1 amide bonds. The molecule has 1 aliphatic rings. The zero-order chi connectivity index (χ0) is 24.0. The maximum atomic E-state index is 12.8. The summed E-state index contributed by atoms with van der Waals surface area (Å²) in [6.07, 6.45) is 1.58. The van der Waals surface area contributed by atoms with Gasteiger partial charge in [-0.15, -0.1) is 0 Å². The lowest BCUT2D eigenvalue weighted by Gasteiger charge is -2.42. The van der Waals surface area contributed by atoms with Gasteiger partial charge < -0.3 is 19.9 Å². The standard InChI is InChI=1S/C28H32N2O4/c1-33-24-13-14-26(34-2)25(19-24)29-27(31)20-30-17-15-23(16-18-30)28(32,21-9-5-3-6-10-21)22-11-7-4-8-12-22/h3-14,19,23,32H,15-18,20H2,1-2H3,(H,29,31). The van der Waals surface area contributed by atoms with Crippen molar-refractivity contribution in [3.8, 4) is 11.5 Å². The molecule has 1 fully saturated rings. The van der Waals surface area contributed by atoms with Crippen molar-refractivity contribution < 1.29 is 19.4 Å². The number of nitrogens with zero attached hydrogens (tertiary/aromatic N) is 1. The Bertz CT molecular complexity index is 1040. The first-order valence-electron chi connectivity index (χ1n) is 11.6. The predicted octanol–water partition coefficient (Wildman–Crippen LogP) is 4.29. The molecule has 6 heteroatoms. The lowest BCUT2D eigenvalue weighted by molar-refractivity contribution is -0.118. The number of nitrogens with one attached hydrogen (secondary N) is 1. The van der Waals surface area contributed by atoms with Crippen molar-refractivity contribution in [2.24, 2.45) is 5.92 Å². The monoisotopic (exact) mass is 460 g/mol. The fourth-order valence-corrected chi connectivity index (χ4v) is 4.84. The van der Waals surface area contributed by atoms with Crippen LogP contribution in [-0.4, -0.2) is 49.8 Å². The molecule has 0 aliphatic carbocycles. The van der Waals surface area contributed by atoms with E-state index < -0.39 is 5.60 Å². The maximum absolute atomic E-state index is 12.8. The number of carbonyl (C=O) groups excluding carboxylic acids is 1. The number of anilines is 1. The number of likely N-dealkylation sites (tertiary alicyclic amines) is 1. The average molecular weight is 461 g/mol. The van der Waals surface area contributed by atoms with Gasteiger partial charge in [-0.25, -0.2) is 0 Å². The molecule has 6 nitrogen and oxygen atoms in total. The smallest absolute Gasteiger partial charge is 0.238 e. The first kappa shape index (κ1) is 23.8. The highest BCUT2D eigenvalue weighted by Crippen LogP contribution is 2.41. The summed E-state index contributed by atoms with van der Waals surface area (Å²) in [5, 5.41) is 15.0. The van der Waals surface area contributed by atoms with Crippen molar-refractivity contribution in [1.29, 1.82) is 0 Å². The van der Waals surface area contributed by atoms with Gasteiger partial charge in [-0.1, -0.05) is 60.7 Å². The largest absolute Gasteiger partial charge is 0.497 e. The molecule has 3 aromatic rings. The average Bonchev–Trinajstić information content (AvgIpc) is 2.89. The summed E-state index contributed by atoms with van der Waals surface area (Å²) in [6.45, 7) is 1.74. The van der Waals surface area contributed by atoms with Crippen LogP contribution in [0.2, 0.25) is 0 Å². The third-order valence-corrected chi connectivity index (χ3v) is 6.65. The molecule has 0 radical (unpaired) electrons. The molecule has 1 aliphatic heterocycles. The molecule has 0 unspecified atom stereocenters. The molecule has 0 aromatic heterocycles. The number of hydrogen-bond donors (Lipinski definition) is 2. The SMILES string of the molecule is COc1ccc(OC)c(NC(=O)CN2CCC(C(O)(c3ccccc3)c3ccccc3)CC2)c1. The Hall–Kier alpha value is -3.35. The van der Waals surface area contributed by atoms with Crippen LogP contribution in [0.4, 0.5) is 5.69 Å². The zero-order valence-electron chi connectivity index (χ0n) is 19.7. The van der Waals surface area contributed by atoms with E-state index in [4.69, 9.17) is 9.47 Å². The zero-order valence-corrected chi connectivity index (χ0v) is 19.7. The van der Waals surface area contributed by atoms with Crippen LogP contribution in [0.5, 0.6) is 11.5 Å². The predicted molar refractivity (Wildman–Crippen MR) is 133 cm³/mol. The van der Waals surface area contributed by atoms with Gasteiger partial charge in [0.15, 0.2) is 0 Å². The van der Waals surface area contributed by atoms with Gasteiger partial charge in [-0.2, -0.15) is 0 Å².